The summed E-state index contributed by atoms with van der Waals surface area (Å²) in [7, 11) is -3.99. The van der Waals surface area contributed by atoms with Crippen LogP contribution in [0.5, 0.6) is 5.75 Å². The predicted octanol–water partition coefficient (Wildman–Crippen LogP) is 6.35. The van der Waals surface area contributed by atoms with Gasteiger partial charge in [0.05, 0.1) is 20.6 Å². The van der Waals surface area contributed by atoms with E-state index in [1.807, 2.05) is 37.3 Å². The van der Waals surface area contributed by atoms with Crippen LogP contribution in [0.1, 0.15) is 16.7 Å². The number of benzene rings is 3. The van der Waals surface area contributed by atoms with Crippen LogP contribution in [0.15, 0.2) is 80.6 Å². The van der Waals surface area contributed by atoms with Crippen LogP contribution >= 0.6 is 31.9 Å². The summed E-state index contributed by atoms with van der Waals surface area (Å²) in [4.78, 5) is 0.0710. The van der Waals surface area contributed by atoms with Crippen molar-refractivity contribution in [2.24, 2.45) is 0 Å². The number of nitrogens with zero attached hydrogens (tertiary/aromatic N) is 1. The third-order valence-electron chi connectivity index (χ3n) is 4.04. The Labute approximate surface area is 186 Å². The van der Waals surface area contributed by atoms with E-state index >= 15 is 0 Å². The minimum atomic E-state index is -3.99. The average Bonchev–Trinajstić information content (AvgIpc) is 2.70. The van der Waals surface area contributed by atoms with Crippen LogP contribution in [0, 0.1) is 18.3 Å². The van der Waals surface area contributed by atoms with Crippen molar-refractivity contribution in [1.29, 1.82) is 5.26 Å². The fourth-order valence-corrected chi connectivity index (χ4v) is 5.13. The fourth-order valence-electron chi connectivity index (χ4n) is 2.57. The number of nitriles is 1. The van der Waals surface area contributed by atoms with E-state index in [1.165, 1.54) is 12.1 Å². The van der Waals surface area contributed by atoms with Crippen molar-refractivity contribution in [3.63, 3.8) is 0 Å². The van der Waals surface area contributed by atoms with E-state index in [9.17, 15) is 13.7 Å². The number of rotatable bonds is 5. The standard InChI is InChI=1S/C22H15Br2NO3S/c1-15-7-9-19(10-8-15)29(26,27)28-22-20(23)12-16(13-21(22)24)11-18(14-25)17-5-3-2-4-6-17/h2-13H,1H3/b18-11+. The molecule has 146 valence electrons. The Morgan fingerprint density at radius 2 is 1.59 bits per heavy atom. The first-order chi connectivity index (χ1) is 13.8. The van der Waals surface area contributed by atoms with Crippen molar-refractivity contribution in [2.75, 3.05) is 0 Å². The summed E-state index contributed by atoms with van der Waals surface area (Å²) in [6.07, 6.45) is 1.73. The predicted molar refractivity (Wildman–Crippen MR) is 121 cm³/mol. The quantitative estimate of drug-likeness (QED) is 0.218. The molecule has 0 radical (unpaired) electrons. The molecule has 0 amide bonds. The number of halogens is 2. The van der Waals surface area contributed by atoms with Gasteiger partial charge in [0.15, 0.2) is 5.75 Å². The molecule has 0 aliphatic heterocycles. The molecule has 3 aromatic rings. The van der Waals surface area contributed by atoms with Crippen molar-refractivity contribution in [3.8, 4) is 11.8 Å². The van der Waals surface area contributed by atoms with Gasteiger partial charge in [0.2, 0.25) is 0 Å². The molecule has 0 atom stereocenters. The highest BCUT2D eigenvalue weighted by Crippen LogP contribution is 2.37. The Bertz CT molecular complexity index is 1190. The van der Waals surface area contributed by atoms with E-state index in [1.54, 1.807) is 30.3 Å². The second-order valence-corrected chi connectivity index (χ2v) is 9.46. The molecule has 0 fully saturated rings. The molecule has 0 saturated heterocycles. The maximum absolute atomic E-state index is 12.6. The summed E-state index contributed by atoms with van der Waals surface area (Å²) < 4.78 is 31.4. The van der Waals surface area contributed by atoms with Crippen LogP contribution < -0.4 is 4.18 Å². The Hall–Kier alpha value is -2.40. The molecule has 0 saturated carbocycles. The van der Waals surface area contributed by atoms with Crippen LogP contribution in [0.4, 0.5) is 0 Å². The zero-order valence-electron chi connectivity index (χ0n) is 15.3. The molecule has 0 aliphatic carbocycles. The third kappa shape index (κ3) is 5.15. The normalized spacial score (nSPS) is 11.7. The summed E-state index contributed by atoms with van der Waals surface area (Å²) in [5.41, 5.74) is 2.95. The van der Waals surface area contributed by atoms with Gasteiger partial charge in [-0.1, -0.05) is 48.0 Å². The summed E-state index contributed by atoms with van der Waals surface area (Å²) in [5, 5.41) is 9.49. The van der Waals surface area contributed by atoms with Crippen molar-refractivity contribution in [1.82, 2.24) is 0 Å². The van der Waals surface area contributed by atoms with E-state index < -0.39 is 10.1 Å². The van der Waals surface area contributed by atoms with E-state index in [-0.39, 0.29) is 10.6 Å². The van der Waals surface area contributed by atoms with Gasteiger partial charge in [-0.15, -0.1) is 0 Å². The van der Waals surface area contributed by atoms with Crippen LogP contribution in [0.25, 0.3) is 11.6 Å². The SMILES string of the molecule is Cc1ccc(S(=O)(=O)Oc2c(Br)cc(/C=C(\C#N)c3ccccc3)cc2Br)cc1. The van der Waals surface area contributed by atoms with E-state index in [0.29, 0.717) is 20.1 Å². The lowest BCUT2D eigenvalue weighted by Gasteiger charge is -2.12. The molecule has 3 aromatic carbocycles. The average molecular weight is 533 g/mol. The topological polar surface area (TPSA) is 67.2 Å². The maximum Gasteiger partial charge on any atom is 0.339 e. The van der Waals surface area contributed by atoms with E-state index in [0.717, 1.165) is 11.1 Å². The highest BCUT2D eigenvalue weighted by molar-refractivity contribution is 9.11. The highest BCUT2D eigenvalue weighted by atomic mass is 79.9. The highest BCUT2D eigenvalue weighted by Gasteiger charge is 2.20. The molecule has 0 heterocycles. The van der Waals surface area contributed by atoms with Gasteiger partial charge in [0, 0.05) is 0 Å². The van der Waals surface area contributed by atoms with Gasteiger partial charge >= 0.3 is 10.1 Å². The van der Waals surface area contributed by atoms with E-state index in [4.69, 9.17) is 4.18 Å². The lowest BCUT2D eigenvalue weighted by Crippen LogP contribution is -2.10. The fraction of sp³-hybridized carbons (Fsp3) is 0.0455. The minimum absolute atomic E-state index is 0.0710. The van der Waals surface area contributed by atoms with Gasteiger partial charge in [-0.2, -0.15) is 13.7 Å². The Morgan fingerprint density at radius 1 is 1.00 bits per heavy atom. The Kier molecular flexibility index (Phi) is 6.58. The molecule has 0 N–H and O–H groups in total. The summed E-state index contributed by atoms with van der Waals surface area (Å²) in [6.45, 7) is 1.88. The molecular weight excluding hydrogens is 518 g/mol. The zero-order chi connectivity index (χ0) is 21.0. The molecule has 29 heavy (non-hydrogen) atoms. The smallest absolute Gasteiger partial charge is 0.339 e. The maximum atomic E-state index is 12.6. The van der Waals surface area contributed by atoms with Crippen molar-refractivity contribution in [2.45, 2.75) is 11.8 Å². The van der Waals surface area contributed by atoms with Crippen molar-refractivity contribution < 1.29 is 12.6 Å². The Balaban J connectivity index is 1.95. The first kappa shape index (κ1) is 21.3. The van der Waals surface area contributed by atoms with Gasteiger partial charge in [-0.3, -0.25) is 0 Å². The second-order valence-electron chi connectivity index (χ2n) is 6.20. The molecule has 4 nitrogen and oxygen atoms in total. The molecular formula is C22H15Br2NO3S. The van der Waals surface area contributed by atoms with Gasteiger partial charge < -0.3 is 4.18 Å². The van der Waals surface area contributed by atoms with Gasteiger partial charge in [-0.25, -0.2) is 0 Å². The van der Waals surface area contributed by atoms with Crippen LogP contribution in [0.3, 0.4) is 0 Å². The third-order valence-corrected chi connectivity index (χ3v) is 6.45. The summed E-state index contributed by atoms with van der Waals surface area (Å²) in [6, 6.07) is 21.3. The number of allylic oxidation sites excluding steroid dienone is 1. The summed E-state index contributed by atoms with van der Waals surface area (Å²) in [5.74, 6) is 0.140. The second kappa shape index (κ2) is 8.95. The summed E-state index contributed by atoms with van der Waals surface area (Å²) >= 11 is 6.74. The first-order valence-electron chi connectivity index (χ1n) is 8.47. The molecule has 0 unspecified atom stereocenters. The number of hydrogen-bond acceptors (Lipinski definition) is 4. The molecule has 3 rings (SSSR count). The molecule has 7 heteroatoms. The van der Waals surface area contributed by atoms with Crippen LogP contribution in [-0.2, 0) is 10.1 Å². The van der Waals surface area contributed by atoms with Crippen LogP contribution in [-0.4, -0.2) is 8.42 Å². The number of hydrogen-bond donors (Lipinski definition) is 0. The van der Waals surface area contributed by atoms with E-state index in [2.05, 4.69) is 37.9 Å². The van der Waals surface area contributed by atoms with Crippen LogP contribution in [0.2, 0.25) is 0 Å². The first-order valence-corrected chi connectivity index (χ1v) is 11.5. The Morgan fingerprint density at radius 3 is 2.14 bits per heavy atom. The van der Waals surface area contributed by atoms with Crippen molar-refractivity contribution in [3.05, 3.63) is 92.4 Å². The lowest BCUT2D eigenvalue weighted by molar-refractivity contribution is 0.483. The van der Waals surface area contributed by atoms with Crippen molar-refractivity contribution >= 4 is 53.6 Å². The molecule has 0 aromatic heterocycles. The molecule has 0 bridgehead atoms. The van der Waals surface area contributed by atoms with Gasteiger partial charge in [0.25, 0.3) is 0 Å². The largest absolute Gasteiger partial charge is 0.377 e. The monoisotopic (exact) mass is 531 g/mol. The molecule has 0 aliphatic rings. The van der Waals surface area contributed by atoms with Gasteiger partial charge in [0.1, 0.15) is 4.90 Å². The van der Waals surface area contributed by atoms with Gasteiger partial charge in [-0.05, 0) is 80.3 Å². The lowest BCUT2D eigenvalue weighted by atomic mass is 10.0. The minimum Gasteiger partial charge on any atom is -0.377 e. The zero-order valence-corrected chi connectivity index (χ0v) is 19.3. The number of aryl methyl sites for hydroxylation is 1. The molecule has 0 spiro atoms.